The van der Waals surface area contributed by atoms with Gasteiger partial charge in [-0.05, 0) is 49.9 Å². The van der Waals surface area contributed by atoms with Crippen LogP contribution in [0.1, 0.15) is 37.3 Å². The zero-order valence-corrected chi connectivity index (χ0v) is 12.3. The van der Waals surface area contributed by atoms with Crippen molar-refractivity contribution in [2.75, 3.05) is 6.54 Å². The van der Waals surface area contributed by atoms with Crippen LogP contribution in [0.2, 0.25) is 0 Å². The number of aliphatic hydroxyl groups excluding tert-OH is 1. The number of aryl methyl sites for hydroxylation is 1. The van der Waals surface area contributed by atoms with Gasteiger partial charge in [0.2, 0.25) is 10.0 Å². The summed E-state index contributed by atoms with van der Waals surface area (Å²) in [6.07, 6.45) is 2.92. The average Bonchev–Trinajstić information content (AvgIpc) is 2.39. The minimum atomic E-state index is -3.44. The fourth-order valence-electron chi connectivity index (χ4n) is 2.54. The van der Waals surface area contributed by atoms with Gasteiger partial charge in [-0.1, -0.05) is 12.5 Å². The number of hydrogen-bond acceptors (Lipinski definition) is 3. The lowest BCUT2D eigenvalue weighted by Crippen LogP contribution is -2.41. The van der Waals surface area contributed by atoms with E-state index in [9.17, 15) is 13.5 Å². The molecule has 1 unspecified atom stereocenters. The second kappa shape index (κ2) is 5.61. The van der Waals surface area contributed by atoms with E-state index in [4.69, 9.17) is 0 Å². The van der Waals surface area contributed by atoms with Crippen LogP contribution in [0.3, 0.4) is 0 Å². The molecule has 1 atom stereocenters. The van der Waals surface area contributed by atoms with Crippen molar-refractivity contribution in [1.29, 1.82) is 0 Å². The molecule has 2 rings (SSSR count). The average molecular weight is 283 g/mol. The van der Waals surface area contributed by atoms with Crippen LogP contribution in [-0.2, 0) is 16.6 Å². The molecule has 5 heteroatoms. The molecule has 0 radical (unpaired) electrons. The van der Waals surface area contributed by atoms with Gasteiger partial charge < -0.3 is 5.11 Å². The zero-order chi connectivity index (χ0) is 14.0. The largest absolute Gasteiger partial charge is 0.392 e. The van der Waals surface area contributed by atoms with Crippen molar-refractivity contribution in [3.63, 3.8) is 0 Å². The first-order valence-electron chi connectivity index (χ1n) is 6.69. The highest BCUT2D eigenvalue weighted by Crippen LogP contribution is 2.26. The highest BCUT2D eigenvalue weighted by molar-refractivity contribution is 7.89. The summed E-state index contributed by atoms with van der Waals surface area (Å²) < 4.78 is 26.8. The van der Waals surface area contributed by atoms with Gasteiger partial charge in [0, 0.05) is 12.6 Å². The number of benzene rings is 1. The molecular formula is C14H21NO3S. The van der Waals surface area contributed by atoms with Crippen LogP contribution in [0.25, 0.3) is 0 Å². The second-order valence-corrected chi connectivity index (χ2v) is 7.10. The monoisotopic (exact) mass is 283 g/mol. The Balaban J connectivity index is 2.38. The third kappa shape index (κ3) is 2.83. The van der Waals surface area contributed by atoms with Gasteiger partial charge in [0.15, 0.2) is 0 Å². The molecule has 0 aliphatic carbocycles. The fraction of sp³-hybridized carbons (Fsp3) is 0.571. The maximum Gasteiger partial charge on any atom is 0.243 e. The van der Waals surface area contributed by atoms with Gasteiger partial charge in [-0.2, -0.15) is 4.31 Å². The molecule has 1 aliphatic heterocycles. The third-order valence-corrected chi connectivity index (χ3v) is 5.85. The van der Waals surface area contributed by atoms with Gasteiger partial charge >= 0.3 is 0 Å². The molecule has 1 aromatic carbocycles. The van der Waals surface area contributed by atoms with Crippen LogP contribution >= 0.6 is 0 Å². The molecule has 1 N–H and O–H groups in total. The molecule has 1 saturated heterocycles. The van der Waals surface area contributed by atoms with Crippen molar-refractivity contribution in [1.82, 2.24) is 4.31 Å². The van der Waals surface area contributed by atoms with E-state index in [0.717, 1.165) is 24.8 Å². The first kappa shape index (κ1) is 14.5. The van der Waals surface area contributed by atoms with Crippen LogP contribution in [0, 0.1) is 6.92 Å². The van der Waals surface area contributed by atoms with Crippen LogP contribution in [0.4, 0.5) is 0 Å². The lowest BCUT2D eigenvalue weighted by Gasteiger charge is -2.32. The Kier molecular flexibility index (Phi) is 4.28. The van der Waals surface area contributed by atoms with Crippen LogP contribution in [0.15, 0.2) is 23.1 Å². The maximum atomic E-state index is 12.6. The number of rotatable bonds is 3. The molecule has 1 aromatic rings. The SMILES string of the molecule is Cc1ccc(S(=O)(=O)N2CCCCC2C)cc1CO. The Morgan fingerprint density at radius 3 is 2.74 bits per heavy atom. The molecule has 0 amide bonds. The Morgan fingerprint density at radius 1 is 1.37 bits per heavy atom. The van der Waals surface area contributed by atoms with E-state index in [0.29, 0.717) is 12.1 Å². The van der Waals surface area contributed by atoms with Gasteiger partial charge in [0.1, 0.15) is 0 Å². The zero-order valence-electron chi connectivity index (χ0n) is 11.5. The van der Waals surface area contributed by atoms with Gasteiger partial charge in [0.05, 0.1) is 11.5 Å². The molecule has 1 fully saturated rings. The Labute approximate surface area is 115 Å². The predicted molar refractivity (Wildman–Crippen MR) is 74.3 cm³/mol. The molecule has 106 valence electrons. The minimum absolute atomic E-state index is 0.0534. The fourth-order valence-corrected chi connectivity index (χ4v) is 4.29. The number of aliphatic hydroxyl groups is 1. The summed E-state index contributed by atoms with van der Waals surface area (Å²) >= 11 is 0. The first-order chi connectivity index (χ1) is 8.96. The Bertz CT molecular complexity index is 554. The van der Waals surface area contributed by atoms with E-state index in [1.807, 2.05) is 13.8 Å². The summed E-state index contributed by atoms with van der Waals surface area (Å²) in [6, 6.07) is 5.03. The lowest BCUT2D eigenvalue weighted by atomic mass is 10.1. The molecule has 0 aromatic heterocycles. The standard InChI is InChI=1S/C14H21NO3S/c1-11-6-7-14(9-13(11)10-16)19(17,18)15-8-4-3-5-12(15)2/h6-7,9,12,16H,3-5,8,10H2,1-2H3. The van der Waals surface area contributed by atoms with E-state index in [2.05, 4.69) is 0 Å². The molecule has 0 saturated carbocycles. The van der Waals surface area contributed by atoms with Gasteiger partial charge in [-0.25, -0.2) is 8.42 Å². The lowest BCUT2D eigenvalue weighted by molar-refractivity contribution is 0.268. The van der Waals surface area contributed by atoms with Crippen molar-refractivity contribution in [2.24, 2.45) is 0 Å². The summed E-state index contributed by atoms with van der Waals surface area (Å²) in [7, 11) is -3.44. The first-order valence-corrected chi connectivity index (χ1v) is 8.13. The summed E-state index contributed by atoms with van der Waals surface area (Å²) in [5.74, 6) is 0. The Morgan fingerprint density at radius 2 is 2.11 bits per heavy atom. The van der Waals surface area contributed by atoms with E-state index >= 15 is 0 Å². The van der Waals surface area contributed by atoms with Crippen molar-refractivity contribution in [3.05, 3.63) is 29.3 Å². The summed E-state index contributed by atoms with van der Waals surface area (Å²) in [4.78, 5) is 0.288. The molecule has 0 bridgehead atoms. The van der Waals surface area contributed by atoms with E-state index in [1.54, 1.807) is 22.5 Å². The number of piperidine rings is 1. The number of hydrogen-bond donors (Lipinski definition) is 1. The maximum absolute atomic E-state index is 12.6. The second-order valence-electron chi connectivity index (χ2n) is 5.21. The van der Waals surface area contributed by atoms with Crippen LogP contribution < -0.4 is 0 Å². The van der Waals surface area contributed by atoms with E-state index < -0.39 is 10.0 Å². The minimum Gasteiger partial charge on any atom is -0.392 e. The van der Waals surface area contributed by atoms with Gasteiger partial charge in [0.25, 0.3) is 0 Å². The number of nitrogens with zero attached hydrogens (tertiary/aromatic N) is 1. The van der Waals surface area contributed by atoms with Crippen LogP contribution in [-0.4, -0.2) is 30.4 Å². The molecule has 1 heterocycles. The third-order valence-electron chi connectivity index (χ3n) is 3.84. The van der Waals surface area contributed by atoms with Gasteiger partial charge in [-0.3, -0.25) is 0 Å². The van der Waals surface area contributed by atoms with Crippen molar-refractivity contribution in [3.8, 4) is 0 Å². The summed E-state index contributed by atoms with van der Waals surface area (Å²) in [5.41, 5.74) is 1.58. The van der Waals surface area contributed by atoms with E-state index in [-0.39, 0.29) is 17.5 Å². The summed E-state index contributed by atoms with van der Waals surface area (Å²) in [5, 5.41) is 9.26. The van der Waals surface area contributed by atoms with Crippen molar-refractivity contribution >= 4 is 10.0 Å². The van der Waals surface area contributed by atoms with E-state index in [1.165, 1.54) is 0 Å². The summed E-state index contributed by atoms with van der Waals surface area (Å²) in [6.45, 7) is 4.28. The molecule has 4 nitrogen and oxygen atoms in total. The highest BCUT2D eigenvalue weighted by atomic mass is 32.2. The molecule has 19 heavy (non-hydrogen) atoms. The quantitative estimate of drug-likeness (QED) is 0.923. The normalized spacial score (nSPS) is 21.5. The molecular weight excluding hydrogens is 262 g/mol. The van der Waals surface area contributed by atoms with Crippen LogP contribution in [0.5, 0.6) is 0 Å². The Hall–Kier alpha value is -0.910. The molecule has 0 spiro atoms. The molecule has 1 aliphatic rings. The highest BCUT2D eigenvalue weighted by Gasteiger charge is 2.31. The van der Waals surface area contributed by atoms with Gasteiger partial charge in [-0.15, -0.1) is 0 Å². The van der Waals surface area contributed by atoms with Crippen molar-refractivity contribution in [2.45, 2.75) is 50.7 Å². The predicted octanol–water partition coefficient (Wildman–Crippen LogP) is 2.05. The van der Waals surface area contributed by atoms with Crippen molar-refractivity contribution < 1.29 is 13.5 Å². The smallest absolute Gasteiger partial charge is 0.243 e. The topological polar surface area (TPSA) is 57.6 Å². The number of sulfonamides is 1.